The van der Waals surface area contributed by atoms with Crippen molar-refractivity contribution in [1.29, 1.82) is 0 Å². The van der Waals surface area contributed by atoms with Gasteiger partial charge in [-0.2, -0.15) is 0 Å². The summed E-state index contributed by atoms with van der Waals surface area (Å²) in [5.74, 6) is 0.00711. The molecule has 0 aromatic heterocycles. The van der Waals surface area contributed by atoms with Gasteiger partial charge in [-0.05, 0) is 24.8 Å². The summed E-state index contributed by atoms with van der Waals surface area (Å²) in [5, 5.41) is 0. The smallest absolute Gasteiger partial charge is 0.241 e. The first-order valence-corrected chi connectivity index (χ1v) is 8.33. The number of para-hydroxylation sites is 1. The number of anilines is 1. The van der Waals surface area contributed by atoms with Crippen molar-refractivity contribution in [1.82, 2.24) is 9.80 Å². The number of benzene rings is 1. The fourth-order valence-corrected chi connectivity index (χ4v) is 3.37. The number of nitrogens with zero attached hydrogens (tertiary/aromatic N) is 3. The van der Waals surface area contributed by atoms with Gasteiger partial charge in [-0.1, -0.05) is 18.2 Å². The zero-order valence-corrected chi connectivity index (χ0v) is 14.0. The van der Waals surface area contributed by atoms with Crippen LogP contribution in [0, 0.1) is 5.92 Å². The van der Waals surface area contributed by atoms with Crippen LogP contribution in [-0.4, -0.2) is 67.9 Å². The molecule has 24 heavy (non-hydrogen) atoms. The van der Waals surface area contributed by atoms with Crippen molar-refractivity contribution < 1.29 is 9.59 Å². The fraction of sp³-hybridized carbons (Fsp3) is 0.444. The summed E-state index contributed by atoms with van der Waals surface area (Å²) in [6, 6.07) is 7.94. The minimum atomic E-state index is -0.453. The maximum atomic E-state index is 12.4. The third-order valence-electron chi connectivity index (χ3n) is 4.71. The lowest BCUT2D eigenvalue weighted by Gasteiger charge is -2.42. The van der Waals surface area contributed by atoms with Crippen molar-refractivity contribution in [3.8, 4) is 0 Å². The monoisotopic (exact) mass is 328 g/mol. The number of likely N-dealkylation sites (tertiary alicyclic amines) is 1. The summed E-state index contributed by atoms with van der Waals surface area (Å²) >= 11 is 0. The standard InChI is InChI=1S/C18H24N4O2/c1-20-12-15(13-20)18(24)22-10-8-21(9-11-22)16-5-3-2-4-14(16)6-7-17(19)23/h2-7,15H,8-13H2,1H3,(H2,19,23)/b7-6+. The van der Waals surface area contributed by atoms with Crippen molar-refractivity contribution in [3.63, 3.8) is 0 Å². The molecule has 6 heteroatoms. The fourth-order valence-electron chi connectivity index (χ4n) is 3.37. The van der Waals surface area contributed by atoms with Crippen LogP contribution in [0.15, 0.2) is 30.3 Å². The SMILES string of the molecule is CN1CC(C(=O)N2CCN(c3ccccc3/C=C/C(N)=O)CC2)C1. The van der Waals surface area contributed by atoms with E-state index in [2.05, 4.69) is 9.80 Å². The Morgan fingerprint density at radius 2 is 1.79 bits per heavy atom. The molecular formula is C18H24N4O2. The number of nitrogens with two attached hydrogens (primary N) is 1. The molecule has 0 aliphatic carbocycles. The van der Waals surface area contributed by atoms with E-state index in [0.29, 0.717) is 0 Å². The molecule has 3 rings (SSSR count). The van der Waals surface area contributed by atoms with E-state index in [9.17, 15) is 9.59 Å². The van der Waals surface area contributed by atoms with Crippen LogP contribution in [0.1, 0.15) is 5.56 Å². The second-order valence-electron chi connectivity index (χ2n) is 6.52. The van der Waals surface area contributed by atoms with Crippen LogP contribution < -0.4 is 10.6 Å². The number of amides is 2. The Kier molecular flexibility index (Phi) is 4.85. The highest BCUT2D eigenvalue weighted by atomic mass is 16.2. The molecule has 0 radical (unpaired) electrons. The van der Waals surface area contributed by atoms with Gasteiger partial charge in [0.05, 0.1) is 5.92 Å². The van der Waals surface area contributed by atoms with E-state index in [1.165, 1.54) is 6.08 Å². The molecule has 6 nitrogen and oxygen atoms in total. The summed E-state index contributed by atoms with van der Waals surface area (Å²) in [4.78, 5) is 29.8. The molecule has 128 valence electrons. The van der Waals surface area contributed by atoms with Gasteiger partial charge in [0.15, 0.2) is 0 Å². The average Bonchev–Trinajstić information content (AvgIpc) is 2.57. The van der Waals surface area contributed by atoms with Crippen molar-refractivity contribution in [2.75, 3.05) is 51.2 Å². The number of primary amides is 1. The number of rotatable bonds is 4. The summed E-state index contributed by atoms with van der Waals surface area (Å²) in [6.07, 6.45) is 3.13. The molecule has 2 fully saturated rings. The molecule has 0 atom stereocenters. The first kappa shape index (κ1) is 16.5. The Bertz CT molecular complexity index is 644. The molecule has 2 aliphatic heterocycles. The summed E-state index contributed by atoms with van der Waals surface area (Å²) in [5.41, 5.74) is 7.23. The van der Waals surface area contributed by atoms with Gasteiger partial charge in [0.1, 0.15) is 0 Å². The van der Waals surface area contributed by atoms with Crippen LogP contribution in [0.2, 0.25) is 0 Å². The van der Waals surface area contributed by atoms with E-state index in [1.54, 1.807) is 6.08 Å². The summed E-state index contributed by atoms with van der Waals surface area (Å²) in [6.45, 7) is 4.84. The van der Waals surface area contributed by atoms with E-state index in [-0.39, 0.29) is 11.8 Å². The van der Waals surface area contributed by atoms with Crippen molar-refractivity contribution in [2.24, 2.45) is 11.7 Å². The van der Waals surface area contributed by atoms with Gasteiger partial charge in [0.25, 0.3) is 0 Å². The Morgan fingerprint density at radius 3 is 2.42 bits per heavy atom. The maximum Gasteiger partial charge on any atom is 0.241 e. The molecule has 2 heterocycles. The zero-order valence-electron chi connectivity index (χ0n) is 14.0. The zero-order chi connectivity index (χ0) is 17.1. The molecule has 0 spiro atoms. The van der Waals surface area contributed by atoms with E-state index in [1.807, 2.05) is 36.2 Å². The number of hydrogen-bond acceptors (Lipinski definition) is 4. The van der Waals surface area contributed by atoms with Crippen LogP contribution >= 0.6 is 0 Å². The predicted molar refractivity (Wildman–Crippen MR) is 94.5 cm³/mol. The molecule has 2 saturated heterocycles. The number of piperazine rings is 1. The topological polar surface area (TPSA) is 69.9 Å². The maximum absolute atomic E-state index is 12.4. The van der Waals surface area contributed by atoms with Crippen LogP contribution in [0.3, 0.4) is 0 Å². The molecule has 1 aromatic carbocycles. The molecule has 2 aliphatic rings. The average molecular weight is 328 g/mol. The Hall–Kier alpha value is -2.34. The van der Waals surface area contributed by atoms with Crippen LogP contribution in [0.5, 0.6) is 0 Å². The molecule has 0 unspecified atom stereocenters. The second-order valence-corrected chi connectivity index (χ2v) is 6.52. The Labute approximate surface area is 142 Å². The third kappa shape index (κ3) is 3.59. The Balaban J connectivity index is 1.62. The van der Waals surface area contributed by atoms with Gasteiger partial charge in [-0.3, -0.25) is 9.59 Å². The highest BCUT2D eigenvalue weighted by Gasteiger charge is 2.34. The first-order chi connectivity index (χ1) is 11.5. The number of carbonyl (C=O) groups excluding carboxylic acids is 2. The summed E-state index contributed by atoms with van der Waals surface area (Å²) in [7, 11) is 2.04. The van der Waals surface area contributed by atoms with Crippen LogP contribution in [0.4, 0.5) is 5.69 Å². The largest absolute Gasteiger partial charge is 0.367 e. The quantitative estimate of drug-likeness (QED) is 0.812. The highest BCUT2D eigenvalue weighted by Crippen LogP contribution is 2.24. The van der Waals surface area contributed by atoms with Gasteiger partial charge in [-0.15, -0.1) is 0 Å². The minimum absolute atomic E-state index is 0.173. The van der Waals surface area contributed by atoms with E-state index >= 15 is 0 Å². The van der Waals surface area contributed by atoms with Gasteiger partial charge < -0.3 is 20.4 Å². The normalized spacial score (nSPS) is 19.5. The van der Waals surface area contributed by atoms with E-state index in [0.717, 1.165) is 50.5 Å². The minimum Gasteiger partial charge on any atom is -0.367 e. The number of carbonyl (C=O) groups is 2. The molecule has 2 N–H and O–H groups in total. The lowest BCUT2D eigenvalue weighted by atomic mass is 9.99. The predicted octanol–water partition coefficient (Wildman–Crippen LogP) is 0.395. The molecule has 1 aromatic rings. The first-order valence-electron chi connectivity index (χ1n) is 8.33. The Morgan fingerprint density at radius 1 is 1.12 bits per heavy atom. The lowest BCUT2D eigenvalue weighted by Crippen LogP contribution is -2.57. The molecular weight excluding hydrogens is 304 g/mol. The van der Waals surface area contributed by atoms with E-state index < -0.39 is 5.91 Å². The lowest BCUT2D eigenvalue weighted by molar-refractivity contribution is -0.140. The van der Waals surface area contributed by atoms with Gasteiger partial charge in [-0.25, -0.2) is 0 Å². The third-order valence-corrected chi connectivity index (χ3v) is 4.71. The second kappa shape index (κ2) is 7.05. The summed E-state index contributed by atoms with van der Waals surface area (Å²) < 4.78 is 0. The van der Waals surface area contributed by atoms with Crippen molar-refractivity contribution in [2.45, 2.75) is 0 Å². The van der Waals surface area contributed by atoms with Crippen molar-refractivity contribution >= 4 is 23.6 Å². The highest BCUT2D eigenvalue weighted by molar-refractivity contribution is 5.91. The molecule has 0 bridgehead atoms. The number of hydrogen-bond donors (Lipinski definition) is 1. The van der Waals surface area contributed by atoms with Gasteiger partial charge >= 0.3 is 0 Å². The molecule has 0 saturated carbocycles. The van der Waals surface area contributed by atoms with E-state index in [4.69, 9.17) is 5.73 Å². The van der Waals surface area contributed by atoms with Gasteiger partial charge in [0, 0.05) is 51.0 Å². The van der Waals surface area contributed by atoms with Crippen LogP contribution in [0.25, 0.3) is 6.08 Å². The molecule has 2 amide bonds. The van der Waals surface area contributed by atoms with Crippen molar-refractivity contribution in [3.05, 3.63) is 35.9 Å². The van der Waals surface area contributed by atoms with Crippen LogP contribution in [-0.2, 0) is 9.59 Å². The van der Waals surface area contributed by atoms with Gasteiger partial charge in [0.2, 0.25) is 11.8 Å².